The zero-order valence-corrected chi connectivity index (χ0v) is 14.3. The van der Waals surface area contributed by atoms with Crippen LogP contribution in [-0.2, 0) is 33.4 Å². The predicted molar refractivity (Wildman–Crippen MR) is 86.4 cm³/mol. The van der Waals surface area contributed by atoms with Gasteiger partial charge in [-0.05, 0) is 25.7 Å². The van der Waals surface area contributed by atoms with Crippen molar-refractivity contribution in [2.75, 3.05) is 0 Å². The van der Waals surface area contributed by atoms with Crippen LogP contribution in [0.2, 0.25) is 0 Å². The van der Waals surface area contributed by atoms with Gasteiger partial charge in [-0.1, -0.05) is 0 Å². The van der Waals surface area contributed by atoms with Crippen molar-refractivity contribution in [1.82, 2.24) is 0 Å². The summed E-state index contributed by atoms with van der Waals surface area (Å²) in [4.78, 5) is 54.8. The van der Waals surface area contributed by atoms with Crippen molar-refractivity contribution in [1.29, 1.82) is 5.41 Å². The van der Waals surface area contributed by atoms with Gasteiger partial charge in [0.25, 0.3) is 0 Å². The van der Waals surface area contributed by atoms with E-state index in [0.29, 0.717) is 19.3 Å². The first-order valence-electron chi connectivity index (χ1n) is 8.16. The smallest absolute Gasteiger partial charge is 0.313 e. The van der Waals surface area contributed by atoms with E-state index in [-0.39, 0.29) is 44.9 Å². The molecule has 10 heteroatoms. The lowest BCUT2D eigenvalue weighted by Crippen LogP contribution is -2.16. The summed E-state index contributed by atoms with van der Waals surface area (Å²) >= 11 is 0. The standard InChI is InChI=1S/C16H23NO9/c17-11(25-14(22)7-3-1-5-12(18)19)9-10-16(24)26-15(23)8-4-2-6-13(20)21/h17H,1-10H2,(H,18,19)(H,20,21). The van der Waals surface area contributed by atoms with Gasteiger partial charge in [-0.2, -0.15) is 0 Å². The molecule has 0 rings (SSSR count). The highest BCUT2D eigenvalue weighted by Crippen LogP contribution is 2.05. The Morgan fingerprint density at radius 2 is 0.962 bits per heavy atom. The van der Waals surface area contributed by atoms with E-state index in [0.717, 1.165) is 0 Å². The van der Waals surface area contributed by atoms with Crippen LogP contribution in [0.4, 0.5) is 0 Å². The molecule has 10 nitrogen and oxygen atoms in total. The molecule has 0 aliphatic carbocycles. The van der Waals surface area contributed by atoms with Gasteiger partial charge in [0.15, 0.2) is 5.90 Å². The molecule has 0 aromatic rings. The van der Waals surface area contributed by atoms with Crippen molar-refractivity contribution in [3.8, 4) is 0 Å². The number of unbranched alkanes of at least 4 members (excludes halogenated alkanes) is 2. The number of rotatable bonds is 13. The van der Waals surface area contributed by atoms with E-state index < -0.39 is 35.7 Å². The topological polar surface area (TPSA) is 168 Å². The van der Waals surface area contributed by atoms with Crippen LogP contribution in [0.3, 0.4) is 0 Å². The predicted octanol–water partition coefficient (Wildman–Crippen LogP) is 1.65. The fourth-order valence-corrected chi connectivity index (χ4v) is 1.78. The lowest BCUT2D eigenvalue weighted by atomic mass is 10.2. The Hall–Kier alpha value is -2.78. The molecule has 0 amide bonds. The molecule has 0 saturated carbocycles. The molecule has 0 heterocycles. The molecule has 3 N–H and O–H groups in total. The quantitative estimate of drug-likeness (QED) is 0.143. The van der Waals surface area contributed by atoms with Crippen LogP contribution in [0.1, 0.15) is 64.2 Å². The number of esters is 3. The van der Waals surface area contributed by atoms with Crippen molar-refractivity contribution >= 4 is 35.7 Å². The van der Waals surface area contributed by atoms with Gasteiger partial charge in [-0.25, -0.2) is 0 Å². The van der Waals surface area contributed by atoms with E-state index in [1.165, 1.54) is 0 Å². The number of ether oxygens (including phenoxy) is 2. The third-order valence-corrected chi connectivity index (χ3v) is 3.06. The summed E-state index contributed by atoms with van der Waals surface area (Å²) in [6.07, 6.45) is 0.449. The first kappa shape index (κ1) is 23.2. The summed E-state index contributed by atoms with van der Waals surface area (Å²) in [5, 5.41) is 24.3. The van der Waals surface area contributed by atoms with Crippen molar-refractivity contribution in [2.45, 2.75) is 64.2 Å². The maximum atomic E-state index is 11.4. The summed E-state index contributed by atoms with van der Waals surface area (Å²) in [5.74, 6) is -4.70. The zero-order chi connectivity index (χ0) is 19.9. The Kier molecular flexibility index (Phi) is 12.1. The van der Waals surface area contributed by atoms with Crippen molar-refractivity contribution in [3.63, 3.8) is 0 Å². The molecule has 0 aliphatic heterocycles. The molecule has 0 aliphatic rings. The van der Waals surface area contributed by atoms with Crippen LogP contribution in [-0.4, -0.2) is 46.0 Å². The number of aliphatic carboxylic acids is 2. The number of carbonyl (C=O) groups is 5. The van der Waals surface area contributed by atoms with Gasteiger partial charge >= 0.3 is 29.8 Å². The summed E-state index contributed by atoms with van der Waals surface area (Å²) < 4.78 is 9.16. The summed E-state index contributed by atoms with van der Waals surface area (Å²) in [7, 11) is 0. The van der Waals surface area contributed by atoms with E-state index in [4.69, 9.17) is 15.6 Å². The minimum Gasteiger partial charge on any atom is -0.481 e. The number of nitrogens with one attached hydrogen (secondary N) is 1. The normalized spacial score (nSPS) is 10.0. The minimum atomic E-state index is -0.968. The van der Waals surface area contributed by atoms with Gasteiger partial charge in [-0.15, -0.1) is 0 Å². The van der Waals surface area contributed by atoms with E-state index in [9.17, 15) is 24.0 Å². The molecule has 0 radical (unpaired) electrons. The van der Waals surface area contributed by atoms with Gasteiger partial charge in [0.2, 0.25) is 0 Å². The van der Waals surface area contributed by atoms with Crippen LogP contribution in [0.25, 0.3) is 0 Å². The monoisotopic (exact) mass is 373 g/mol. The molecular formula is C16H23NO9. The Morgan fingerprint density at radius 1 is 0.577 bits per heavy atom. The SMILES string of the molecule is N=C(CCC(=O)OC(=O)CCCCC(=O)O)OC(=O)CCCCC(=O)O. The lowest BCUT2D eigenvalue weighted by Gasteiger charge is -2.06. The molecule has 0 unspecified atom stereocenters. The molecule has 0 aromatic heterocycles. The molecule has 0 spiro atoms. The van der Waals surface area contributed by atoms with Crippen molar-refractivity contribution < 1.29 is 43.7 Å². The highest BCUT2D eigenvalue weighted by Gasteiger charge is 2.14. The molecular weight excluding hydrogens is 350 g/mol. The lowest BCUT2D eigenvalue weighted by molar-refractivity contribution is -0.160. The largest absolute Gasteiger partial charge is 0.481 e. The van der Waals surface area contributed by atoms with Crippen LogP contribution in [0.15, 0.2) is 0 Å². The third-order valence-electron chi connectivity index (χ3n) is 3.06. The molecule has 0 atom stereocenters. The summed E-state index contributed by atoms with van der Waals surface area (Å²) in [6.45, 7) is 0. The average Bonchev–Trinajstić information content (AvgIpc) is 2.53. The van der Waals surface area contributed by atoms with Gasteiger partial charge in [0.1, 0.15) is 0 Å². The highest BCUT2D eigenvalue weighted by molar-refractivity contribution is 5.90. The second-order valence-electron chi connectivity index (χ2n) is 5.45. The Morgan fingerprint density at radius 3 is 1.42 bits per heavy atom. The van der Waals surface area contributed by atoms with E-state index in [2.05, 4.69) is 9.47 Å². The molecule has 0 fully saturated rings. The van der Waals surface area contributed by atoms with Crippen LogP contribution in [0.5, 0.6) is 0 Å². The van der Waals surface area contributed by atoms with Gasteiger partial charge < -0.3 is 19.7 Å². The Labute approximate surface area is 150 Å². The maximum absolute atomic E-state index is 11.4. The van der Waals surface area contributed by atoms with Crippen molar-refractivity contribution in [3.05, 3.63) is 0 Å². The highest BCUT2D eigenvalue weighted by atomic mass is 16.6. The maximum Gasteiger partial charge on any atom is 0.313 e. The number of carbonyl (C=O) groups excluding carboxylic acids is 3. The fourth-order valence-electron chi connectivity index (χ4n) is 1.78. The van der Waals surface area contributed by atoms with Gasteiger partial charge in [-0.3, -0.25) is 29.4 Å². The second kappa shape index (κ2) is 13.5. The average molecular weight is 373 g/mol. The molecule has 0 bridgehead atoms. The number of hydrogen-bond acceptors (Lipinski definition) is 8. The van der Waals surface area contributed by atoms with Gasteiger partial charge in [0.05, 0.1) is 6.42 Å². The summed E-state index contributed by atoms with van der Waals surface area (Å²) in [6, 6.07) is 0. The van der Waals surface area contributed by atoms with Crippen LogP contribution >= 0.6 is 0 Å². The first-order valence-corrected chi connectivity index (χ1v) is 8.16. The Balaban J connectivity index is 3.81. The van der Waals surface area contributed by atoms with E-state index in [1.54, 1.807) is 0 Å². The number of hydrogen-bond donors (Lipinski definition) is 3. The van der Waals surface area contributed by atoms with Gasteiger partial charge in [0, 0.05) is 32.1 Å². The fraction of sp³-hybridized carbons (Fsp3) is 0.625. The second-order valence-corrected chi connectivity index (χ2v) is 5.45. The first-order chi connectivity index (χ1) is 12.2. The third kappa shape index (κ3) is 14.8. The zero-order valence-electron chi connectivity index (χ0n) is 14.3. The van der Waals surface area contributed by atoms with E-state index in [1.807, 2.05) is 0 Å². The van der Waals surface area contributed by atoms with Crippen LogP contribution in [0, 0.1) is 5.41 Å². The molecule has 26 heavy (non-hydrogen) atoms. The number of carboxylic acids is 2. The molecule has 0 aromatic carbocycles. The van der Waals surface area contributed by atoms with Crippen LogP contribution < -0.4 is 0 Å². The van der Waals surface area contributed by atoms with Crippen molar-refractivity contribution in [2.24, 2.45) is 0 Å². The summed E-state index contributed by atoms with van der Waals surface area (Å²) in [5.41, 5.74) is 0. The van der Waals surface area contributed by atoms with E-state index >= 15 is 0 Å². The number of carboxylic acid groups (broad SMARTS) is 2. The molecule has 146 valence electrons. The molecule has 0 saturated heterocycles. The Bertz CT molecular complexity index is 494. The minimum absolute atomic E-state index is 0.0328.